The Balaban J connectivity index is 0.00000162. The molecule has 0 aromatic heterocycles. The molecule has 0 spiro atoms. The average molecular weight is 273 g/mol. The molecule has 0 radical (unpaired) electrons. The van der Waals surface area contributed by atoms with Gasteiger partial charge in [0.25, 0.3) is 5.91 Å². The zero-order valence-corrected chi connectivity index (χ0v) is 11.2. The van der Waals surface area contributed by atoms with Crippen LogP contribution in [-0.2, 0) is 0 Å². The molecular weight excluding hydrogens is 255 g/mol. The van der Waals surface area contributed by atoms with E-state index in [-0.39, 0.29) is 30.2 Å². The first-order valence-electron chi connectivity index (χ1n) is 5.90. The summed E-state index contributed by atoms with van der Waals surface area (Å²) >= 11 is 0. The summed E-state index contributed by atoms with van der Waals surface area (Å²) in [5.41, 5.74) is 6.90. The van der Waals surface area contributed by atoms with Crippen LogP contribution in [0.3, 0.4) is 0 Å². The molecule has 18 heavy (non-hydrogen) atoms. The predicted octanol–water partition coefficient (Wildman–Crippen LogP) is 2.12. The minimum Gasteiger partial charge on any atom is -0.334 e. The number of amides is 1. The van der Waals surface area contributed by atoms with E-state index in [1.54, 1.807) is 17.9 Å². The number of carbonyl (C=O) groups excluding carboxylic acids is 1. The smallest absolute Gasteiger partial charge is 0.254 e. The maximum absolute atomic E-state index is 13.0. The van der Waals surface area contributed by atoms with Crippen molar-refractivity contribution in [2.24, 2.45) is 5.73 Å². The number of nitrogens with two attached hydrogens (primary N) is 1. The Kier molecular flexibility index (Phi) is 5.11. The number of benzene rings is 1. The standard InChI is InChI=1S/C13H17FN2O.ClH/c1-9-7-10(14)4-5-12(9)13(17)16-6-2-3-11(16)8-15;/h4-5,7,11H,2-3,6,8,15H2,1H3;1H. The molecule has 1 amide bonds. The molecule has 3 nitrogen and oxygen atoms in total. The monoisotopic (exact) mass is 272 g/mol. The quantitative estimate of drug-likeness (QED) is 0.896. The molecule has 1 heterocycles. The van der Waals surface area contributed by atoms with Crippen LogP contribution in [0.4, 0.5) is 4.39 Å². The van der Waals surface area contributed by atoms with Crippen LogP contribution in [0.1, 0.15) is 28.8 Å². The Morgan fingerprint density at radius 1 is 1.56 bits per heavy atom. The van der Waals surface area contributed by atoms with Crippen molar-refractivity contribution in [1.29, 1.82) is 0 Å². The van der Waals surface area contributed by atoms with Crippen LogP contribution >= 0.6 is 12.4 Å². The molecule has 1 aliphatic rings. The summed E-state index contributed by atoms with van der Waals surface area (Å²) in [5, 5.41) is 0. The van der Waals surface area contributed by atoms with E-state index in [4.69, 9.17) is 5.73 Å². The van der Waals surface area contributed by atoms with Gasteiger partial charge in [-0.25, -0.2) is 4.39 Å². The van der Waals surface area contributed by atoms with Crippen LogP contribution in [0.5, 0.6) is 0 Å². The van der Waals surface area contributed by atoms with E-state index >= 15 is 0 Å². The molecule has 1 fully saturated rings. The van der Waals surface area contributed by atoms with E-state index in [2.05, 4.69) is 0 Å². The van der Waals surface area contributed by atoms with Gasteiger partial charge in [0, 0.05) is 24.7 Å². The number of halogens is 2. The lowest BCUT2D eigenvalue weighted by Gasteiger charge is -2.24. The van der Waals surface area contributed by atoms with Crippen LogP contribution in [0.25, 0.3) is 0 Å². The van der Waals surface area contributed by atoms with Gasteiger partial charge >= 0.3 is 0 Å². The van der Waals surface area contributed by atoms with E-state index in [9.17, 15) is 9.18 Å². The molecule has 1 saturated heterocycles. The second-order valence-corrected chi connectivity index (χ2v) is 4.49. The van der Waals surface area contributed by atoms with Crippen molar-refractivity contribution in [1.82, 2.24) is 4.90 Å². The van der Waals surface area contributed by atoms with Gasteiger partial charge in [0.2, 0.25) is 0 Å². The van der Waals surface area contributed by atoms with Crippen molar-refractivity contribution in [3.8, 4) is 0 Å². The highest BCUT2D eigenvalue weighted by Crippen LogP contribution is 2.21. The average Bonchev–Trinajstić information content (AvgIpc) is 2.76. The third kappa shape index (κ3) is 2.82. The van der Waals surface area contributed by atoms with E-state index < -0.39 is 0 Å². The minimum absolute atomic E-state index is 0. The van der Waals surface area contributed by atoms with Crippen molar-refractivity contribution >= 4 is 18.3 Å². The van der Waals surface area contributed by atoms with Crippen molar-refractivity contribution in [2.75, 3.05) is 13.1 Å². The summed E-state index contributed by atoms with van der Waals surface area (Å²) in [6, 6.07) is 4.40. The fourth-order valence-electron chi connectivity index (χ4n) is 2.37. The lowest BCUT2D eigenvalue weighted by molar-refractivity contribution is 0.0740. The Labute approximate surface area is 113 Å². The molecule has 1 atom stereocenters. The van der Waals surface area contributed by atoms with Gasteiger partial charge in [-0.2, -0.15) is 0 Å². The summed E-state index contributed by atoms with van der Waals surface area (Å²) in [5.74, 6) is -0.341. The predicted molar refractivity (Wildman–Crippen MR) is 71.5 cm³/mol. The highest BCUT2D eigenvalue weighted by Gasteiger charge is 2.28. The molecule has 5 heteroatoms. The second-order valence-electron chi connectivity index (χ2n) is 4.49. The lowest BCUT2D eigenvalue weighted by atomic mass is 10.1. The number of aryl methyl sites for hydroxylation is 1. The first-order chi connectivity index (χ1) is 8.13. The fourth-order valence-corrected chi connectivity index (χ4v) is 2.37. The zero-order chi connectivity index (χ0) is 12.4. The SMILES string of the molecule is Cc1cc(F)ccc1C(=O)N1CCCC1CN.Cl. The molecule has 2 N–H and O–H groups in total. The van der Waals surface area contributed by atoms with Crippen molar-refractivity contribution < 1.29 is 9.18 Å². The van der Waals surface area contributed by atoms with E-state index in [0.29, 0.717) is 17.7 Å². The maximum Gasteiger partial charge on any atom is 0.254 e. The summed E-state index contributed by atoms with van der Waals surface area (Å²) in [6.45, 7) is 2.99. The van der Waals surface area contributed by atoms with E-state index in [1.165, 1.54) is 12.1 Å². The van der Waals surface area contributed by atoms with Crippen LogP contribution in [0.2, 0.25) is 0 Å². The van der Waals surface area contributed by atoms with E-state index in [0.717, 1.165) is 19.4 Å². The first kappa shape index (κ1) is 14.9. The minimum atomic E-state index is -0.309. The van der Waals surface area contributed by atoms with Crippen molar-refractivity contribution in [3.05, 3.63) is 35.1 Å². The maximum atomic E-state index is 13.0. The van der Waals surface area contributed by atoms with Crippen LogP contribution in [0.15, 0.2) is 18.2 Å². The Morgan fingerprint density at radius 2 is 2.28 bits per heavy atom. The van der Waals surface area contributed by atoms with Gasteiger partial charge < -0.3 is 10.6 Å². The summed E-state index contributed by atoms with van der Waals surface area (Å²) in [6.07, 6.45) is 1.95. The number of likely N-dealkylation sites (tertiary alicyclic amines) is 1. The first-order valence-corrected chi connectivity index (χ1v) is 5.90. The Hall–Kier alpha value is -1.13. The molecular formula is C13H18ClFN2O. The van der Waals surface area contributed by atoms with Crippen LogP contribution in [0, 0.1) is 12.7 Å². The van der Waals surface area contributed by atoms with Gasteiger partial charge in [-0.15, -0.1) is 12.4 Å². The highest BCUT2D eigenvalue weighted by molar-refractivity contribution is 5.96. The largest absolute Gasteiger partial charge is 0.334 e. The van der Waals surface area contributed by atoms with Gasteiger partial charge in [0.05, 0.1) is 0 Å². The topological polar surface area (TPSA) is 46.3 Å². The molecule has 1 aromatic carbocycles. The normalized spacial score (nSPS) is 18.6. The molecule has 1 aromatic rings. The summed E-state index contributed by atoms with van der Waals surface area (Å²) in [7, 11) is 0. The van der Waals surface area contributed by atoms with Crippen LogP contribution < -0.4 is 5.73 Å². The molecule has 100 valence electrons. The lowest BCUT2D eigenvalue weighted by Crippen LogP contribution is -2.40. The zero-order valence-electron chi connectivity index (χ0n) is 10.4. The van der Waals surface area contributed by atoms with Gasteiger partial charge in [-0.1, -0.05) is 0 Å². The third-order valence-corrected chi connectivity index (χ3v) is 3.33. The number of carbonyl (C=O) groups is 1. The fraction of sp³-hybridized carbons (Fsp3) is 0.462. The van der Waals surface area contributed by atoms with Crippen molar-refractivity contribution in [3.63, 3.8) is 0 Å². The molecule has 0 saturated carbocycles. The van der Waals surface area contributed by atoms with Gasteiger partial charge in [0.15, 0.2) is 0 Å². The Morgan fingerprint density at radius 3 is 2.89 bits per heavy atom. The molecule has 0 bridgehead atoms. The number of hydrogen-bond donors (Lipinski definition) is 1. The molecule has 0 aliphatic carbocycles. The molecule has 1 aliphatic heterocycles. The highest BCUT2D eigenvalue weighted by atomic mass is 35.5. The summed E-state index contributed by atoms with van der Waals surface area (Å²) < 4.78 is 13.0. The number of hydrogen-bond acceptors (Lipinski definition) is 2. The van der Waals surface area contributed by atoms with Crippen molar-refractivity contribution in [2.45, 2.75) is 25.8 Å². The van der Waals surface area contributed by atoms with E-state index in [1.807, 2.05) is 0 Å². The Bertz CT molecular complexity index is 439. The number of rotatable bonds is 2. The molecule has 2 rings (SSSR count). The van der Waals surface area contributed by atoms with Gasteiger partial charge in [-0.3, -0.25) is 4.79 Å². The van der Waals surface area contributed by atoms with Crippen LogP contribution in [-0.4, -0.2) is 29.9 Å². The summed E-state index contributed by atoms with van der Waals surface area (Å²) in [4.78, 5) is 14.1. The molecule has 1 unspecified atom stereocenters. The second kappa shape index (κ2) is 6.16. The van der Waals surface area contributed by atoms with Gasteiger partial charge in [0.1, 0.15) is 5.82 Å². The third-order valence-electron chi connectivity index (χ3n) is 3.33. The van der Waals surface area contributed by atoms with Gasteiger partial charge in [-0.05, 0) is 43.5 Å². The number of nitrogens with zero attached hydrogens (tertiary/aromatic N) is 1.